The summed E-state index contributed by atoms with van der Waals surface area (Å²) in [6.07, 6.45) is 1.76. The second-order valence-electron chi connectivity index (χ2n) is 7.62. The number of benzene rings is 3. The van der Waals surface area contributed by atoms with E-state index in [-0.39, 0.29) is 11.9 Å². The molecule has 5 aromatic rings. The van der Waals surface area contributed by atoms with Crippen LogP contribution in [0, 0.1) is 5.82 Å². The number of rotatable bonds is 5. The summed E-state index contributed by atoms with van der Waals surface area (Å²) in [6.45, 7) is 2.10. The van der Waals surface area contributed by atoms with Gasteiger partial charge in [0.25, 0.3) is 0 Å². The monoisotopic (exact) mass is 420 g/mol. The Hall–Kier alpha value is -4.12. The maximum absolute atomic E-state index is 13.5. The lowest BCUT2D eigenvalue weighted by Gasteiger charge is -2.16. The van der Waals surface area contributed by atoms with Crippen LogP contribution in [0.15, 0.2) is 97.2 Å². The van der Waals surface area contributed by atoms with Crippen LogP contribution in [-0.4, -0.2) is 15.0 Å². The third kappa shape index (κ3) is 4.05. The summed E-state index contributed by atoms with van der Waals surface area (Å²) in [7, 11) is 0. The van der Waals surface area contributed by atoms with E-state index in [1.165, 1.54) is 17.7 Å². The molecule has 2 aromatic heterocycles. The number of para-hydroxylation sites is 2. The summed E-state index contributed by atoms with van der Waals surface area (Å²) in [5.74, 6) is 0.466. The zero-order valence-electron chi connectivity index (χ0n) is 17.5. The molecule has 5 heteroatoms. The van der Waals surface area contributed by atoms with Crippen molar-refractivity contribution in [2.45, 2.75) is 13.0 Å². The van der Waals surface area contributed by atoms with Gasteiger partial charge in [-0.2, -0.15) is 0 Å². The van der Waals surface area contributed by atoms with E-state index in [0.717, 1.165) is 33.7 Å². The molecule has 0 bridgehead atoms. The Bertz CT molecular complexity index is 1370. The van der Waals surface area contributed by atoms with Gasteiger partial charge >= 0.3 is 0 Å². The summed E-state index contributed by atoms with van der Waals surface area (Å²) in [6, 6.07) is 28.3. The highest BCUT2D eigenvalue weighted by Gasteiger charge is 2.15. The van der Waals surface area contributed by atoms with E-state index in [2.05, 4.69) is 29.4 Å². The Morgan fingerprint density at radius 2 is 1.34 bits per heavy atom. The first-order valence-corrected chi connectivity index (χ1v) is 10.5. The molecule has 0 amide bonds. The van der Waals surface area contributed by atoms with Gasteiger partial charge in [0.05, 0.1) is 22.4 Å². The Morgan fingerprint density at radius 3 is 2.03 bits per heavy atom. The van der Waals surface area contributed by atoms with Crippen LogP contribution < -0.4 is 5.32 Å². The van der Waals surface area contributed by atoms with Crippen molar-refractivity contribution in [2.75, 3.05) is 5.32 Å². The molecule has 0 aliphatic carbocycles. The van der Waals surface area contributed by atoms with Crippen molar-refractivity contribution in [1.29, 1.82) is 0 Å². The van der Waals surface area contributed by atoms with Gasteiger partial charge in [-0.05, 0) is 61.0 Å². The highest BCUT2D eigenvalue weighted by molar-refractivity contribution is 5.86. The van der Waals surface area contributed by atoms with Gasteiger partial charge in [-0.25, -0.2) is 19.3 Å². The Morgan fingerprint density at radius 1 is 0.719 bits per heavy atom. The molecule has 3 aromatic carbocycles. The summed E-state index contributed by atoms with van der Waals surface area (Å²) < 4.78 is 13.5. The Kier molecular flexibility index (Phi) is 5.30. The van der Waals surface area contributed by atoms with Crippen LogP contribution in [0.25, 0.3) is 33.5 Å². The van der Waals surface area contributed by atoms with Crippen LogP contribution >= 0.6 is 0 Å². The molecule has 32 heavy (non-hydrogen) atoms. The number of fused-ring (bicyclic) bond motifs is 1. The van der Waals surface area contributed by atoms with Gasteiger partial charge in [0.15, 0.2) is 0 Å². The SMILES string of the molecule is C[C@@H](Nc1cc(-c2nc3ccccc3nc2-c2ccc(F)cc2)ccn1)c1ccccc1. The third-order valence-electron chi connectivity index (χ3n) is 5.39. The van der Waals surface area contributed by atoms with Crippen molar-refractivity contribution in [1.82, 2.24) is 15.0 Å². The number of halogens is 1. The fraction of sp³-hybridized carbons (Fsp3) is 0.0741. The molecule has 0 radical (unpaired) electrons. The van der Waals surface area contributed by atoms with Crippen molar-refractivity contribution >= 4 is 16.9 Å². The average Bonchev–Trinajstić information content (AvgIpc) is 2.84. The van der Waals surface area contributed by atoms with E-state index >= 15 is 0 Å². The molecule has 0 fully saturated rings. The lowest BCUT2D eigenvalue weighted by molar-refractivity contribution is 0.628. The van der Waals surface area contributed by atoms with Crippen LogP contribution in [0.3, 0.4) is 0 Å². The molecule has 1 atom stereocenters. The van der Waals surface area contributed by atoms with E-state index in [1.807, 2.05) is 54.6 Å². The van der Waals surface area contributed by atoms with E-state index in [0.29, 0.717) is 5.69 Å². The minimum absolute atomic E-state index is 0.0956. The number of hydrogen-bond acceptors (Lipinski definition) is 4. The molecule has 5 rings (SSSR count). The van der Waals surface area contributed by atoms with Crippen molar-refractivity contribution in [3.05, 3.63) is 109 Å². The van der Waals surface area contributed by atoms with Crippen LogP contribution in [0.4, 0.5) is 10.2 Å². The fourth-order valence-electron chi connectivity index (χ4n) is 3.71. The summed E-state index contributed by atoms with van der Waals surface area (Å²) in [5.41, 5.74) is 5.91. The Labute approximate surface area is 185 Å². The van der Waals surface area contributed by atoms with Gasteiger partial charge in [-0.1, -0.05) is 42.5 Å². The first-order chi connectivity index (χ1) is 15.7. The molecular weight excluding hydrogens is 399 g/mol. The summed E-state index contributed by atoms with van der Waals surface area (Å²) >= 11 is 0. The minimum atomic E-state index is -0.283. The van der Waals surface area contributed by atoms with Crippen molar-refractivity contribution in [3.63, 3.8) is 0 Å². The molecule has 0 unspecified atom stereocenters. The van der Waals surface area contributed by atoms with Crippen LogP contribution in [0.5, 0.6) is 0 Å². The molecule has 0 saturated heterocycles. The minimum Gasteiger partial charge on any atom is -0.364 e. The molecule has 0 aliphatic rings. The maximum atomic E-state index is 13.5. The molecule has 0 spiro atoms. The van der Waals surface area contributed by atoms with Crippen LogP contribution in [0.1, 0.15) is 18.5 Å². The second kappa shape index (κ2) is 8.55. The molecule has 4 nitrogen and oxygen atoms in total. The number of hydrogen-bond donors (Lipinski definition) is 1. The molecule has 0 aliphatic heterocycles. The maximum Gasteiger partial charge on any atom is 0.127 e. The normalized spacial score (nSPS) is 11.9. The predicted octanol–water partition coefficient (Wildman–Crippen LogP) is 6.67. The average molecular weight is 420 g/mol. The highest BCUT2D eigenvalue weighted by atomic mass is 19.1. The van der Waals surface area contributed by atoms with Gasteiger partial charge in [-0.15, -0.1) is 0 Å². The van der Waals surface area contributed by atoms with Gasteiger partial charge in [-0.3, -0.25) is 0 Å². The van der Waals surface area contributed by atoms with Crippen LogP contribution in [0.2, 0.25) is 0 Å². The molecular formula is C27H21FN4. The number of anilines is 1. The topological polar surface area (TPSA) is 50.7 Å². The highest BCUT2D eigenvalue weighted by Crippen LogP contribution is 2.32. The number of nitrogens with one attached hydrogen (secondary N) is 1. The van der Waals surface area contributed by atoms with E-state index in [1.54, 1.807) is 18.3 Å². The molecule has 1 N–H and O–H groups in total. The summed E-state index contributed by atoms with van der Waals surface area (Å²) in [4.78, 5) is 14.3. The molecule has 0 saturated carbocycles. The lowest BCUT2D eigenvalue weighted by Crippen LogP contribution is -2.07. The predicted molar refractivity (Wildman–Crippen MR) is 127 cm³/mol. The third-order valence-corrected chi connectivity index (χ3v) is 5.39. The van der Waals surface area contributed by atoms with Crippen molar-refractivity contribution < 1.29 is 4.39 Å². The summed E-state index contributed by atoms with van der Waals surface area (Å²) in [5, 5.41) is 3.46. The molecule has 156 valence electrons. The first-order valence-electron chi connectivity index (χ1n) is 10.5. The quantitative estimate of drug-likeness (QED) is 0.345. The molecule has 2 heterocycles. The van der Waals surface area contributed by atoms with Gasteiger partial charge in [0.1, 0.15) is 11.6 Å². The second-order valence-corrected chi connectivity index (χ2v) is 7.62. The fourth-order valence-corrected chi connectivity index (χ4v) is 3.71. The largest absolute Gasteiger partial charge is 0.364 e. The van der Waals surface area contributed by atoms with E-state index in [4.69, 9.17) is 9.97 Å². The smallest absolute Gasteiger partial charge is 0.127 e. The number of nitrogens with zero attached hydrogens (tertiary/aromatic N) is 3. The first kappa shape index (κ1) is 19.8. The zero-order valence-corrected chi connectivity index (χ0v) is 17.5. The van der Waals surface area contributed by atoms with Crippen LogP contribution in [-0.2, 0) is 0 Å². The number of aromatic nitrogens is 3. The van der Waals surface area contributed by atoms with Gasteiger partial charge in [0, 0.05) is 23.4 Å². The van der Waals surface area contributed by atoms with E-state index < -0.39 is 0 Å². The number of pyridine rings is 1. The van der Waals surface area contributed by atoms with Crippen molar-refractivity contribution in [2.24, 2.45) is 0 Å². The Balaban J connectivity index is 1.58. The van der Waals surface area contributed by atoms with Gasteiger partial charge in [0.2, 0.25) is 0 Å². The standard InChI is InChI=1S/C27H21FN4/c1-18(19-7-3-2-4-8-19)30-25-17-21(15-16-29-25)27-26(20-11-13-22(28)14-12-20)31-23-9-5-6-10-24(23)32-27/h2-18H,1H3,(H,29,30)/t18-/m1/s1. The van der Waals surface area contributed by atoms with Gasteiger partial charge < -0.3 is 5.32 Å². The van der Waals surface area contributed by atoms with E-state index in [9.17, 15) is 4.39 Å². The lowest BCUT2D eigenvalue weighted by atomic mass is 10.0. The zero-order chi connectivity index (χ0) is 21.9. The van der Waals surface area contributed by atoms with Crippen molar-refractivity contribution in [3.8, 4) is 22.5 Å².